The maximum Gasteiger partial charge on any atom is 0.254 e. The molecular weight excluding hydrogens is 360 g/mol. The van der Waals surface area contributed by atoms with E-state index in [1.165, 1.54) is 43.9 Å². The maximum atomic E-state index is 12.6. The summed E-state index contributed by atoms with van der Waals surface area (Å²) in [6.45, 7) is 3.38. The minimum atomic E-state index is -0.0704. The molecule has 1 fully saturated rings. The van der Waals surface area contributed by atoms with Crippen LogP contribution in [0.1, 0.15) is 53.9 Å². The minimum Gasteiger partial charge on any atom is -0.361 e. The first-order chi connectivity index (χ1) is 13.1. The van der Waals surface area contributed by atoms with Crippen LogP contribution in [0.5, 0.6) is 0 Å². The second-order valence-corrected chi connectivity index (χ2v) is 8.07. The third-order valence-electron chi connectivity index (χ3n) is 5.00. The number of aryl methyl sites for hydroxylation is 1. The van der Waals surface area contributed by atoms with E-state index >= 15 is 0 Å². The highest BCUT2D eigenvalue weighted by molar-refractivity contribution is 7.98. The van der Waals surface area contributed by atoms with E-state index in [4.69, 9.17) is 4.52 Å². The topological polar surface area (TPSA) is 71.3 Å². The molecule has 0 spiro atoms. The van der Waals surface area contributed by atoms with Gasteiger partial charge in [-0.2, -0.15) is 0 Å². The Hall–Kier alpha value is -1.86. The fraction of sp³-hybridized carbons (Fsp3) is 0.550. The Labute approximate surface area is 165 Å². The van der Waals surface area contributed by atoms with E-state index in [1.54, 1.807) is 12.3 Å². The van der Waals surface area contributed by atoms with E-state index in [1.807, 2.05) is 19.1 Å². The fourth-order valence-corrected chi connectivity index (χ4v) is 4.32. The van der Waals surface area contributed by atoms with Crippen LogP contribution in [-0.2, 0) is 5.75 Å². The second kappa shape index (κ2) is 9.90. The van der Waals surface area contributed by atoms with Crippen molar-refractivity contribution in [2.24, 2.45) is 0 Å². The van der Waals surface area contributed by atoms with Crippen LogP contribution >= 0.6 is 11.8 Å². The zero-order valence-electron chi connectivity index (χ0n) is 16.1. The standard InChI is InChI=1S/C20H28N4O2S/c1-15-13-16(23-26-15)14-27-20-18(9-6-10-22-20)19(25)21-11-12-24(2)17-7-4-3-5-8-17/h6,9-10,13,17H,3-5,7-8,11-12,14H2,1-2H3,(H,21,25). The van der Waals surface area contributed by atoms with Crippen molar-refractivity contribution in [3.05, 3.63) is 41.4 Å². The van der Waals surface area contributed by atoms with Crippen molar-refractivity contribution in [1.82, 2.24) is 20.4 Å². The van der Waals surface area contributed by atoms with Crippen LogP contribution in [0.2, 0.25) is 0 Å². The third-order valence-corrected chi connectivity index (χ3v) is 6.04. The average molecular weight is 389 g/mol. The van der Waals surface area contributed by atoms with E-state index in [-0.39, 0.29) is 5.91 Å². The number of pyridine rings is 1. The number of nitrogens with one attached hydrogen (secondary N) is 1. The second-order valence-electron chi connectivity index (χ2n) is 7.10. The lowest BCUT2D eigenvalue weighted by Crippen LogP contribution is -2.39. The van der Waals surface area contributed by atoms with Crippen LogP contribution in [-0.4, -0.2) is 47.1 Å². The molecule has 1 saturated carbocycles. The molecule has 3 rings (SSSR count). The molecule has 2 heterocycles. The van der Waals surface area contributed by atoms with Crippen molar-refractivity contribution in [2.45, 2.75) is 55.8 Å². The highest BCUT2D eigenvalue weighted by Crippen LogP contribution is 2.24. The van der Waals surface area contributed by atoms with Crippen LogP contribution in [0.15, 0.2) is 33.9 Å². The Balaban J connectivity index is 1.50. The van der Waals surface area contributed by atoms with Gasteiger partial charge >= 0.3 is 0 Å². The van der Waals surface area contributed by atoms with Gasteiger partial charge in [-0.3, -0.25) is 4.79 Å². The molecule has 0 aromatic carbocycles. The number of thioether (sulfide) groups is 1. The predicted octanol–water partition coefficient (Wildman–Crippen LogP) is 3.66. The van der Waals surface area contributed by atoms with Gasteiger partial charge in [0.05, 0.1) is 11.3 Å². The fourth-order valence-electron chi connectivity index (χ4n) is 3.45. The van der Waals surface area contributed by atoms with Gasteiger partial charge in [-0.1, -0.05) is 36.2 Å². The van der Waals surface area contributed by atoms with Crippen molar-refractivity contribution in [3.8, 4) is 0 Å². The number of likely N-dealkylation sites (N-methyl/N-ethyl adjacent to an activating group) is 1. The molecule has 6 nitrogen and oxygen atoms in total. The number of carbonyl (C=O) groups is 1. The van der Waals surface area contributed by atoms with Crippen LogP contribution in [0.4, 0.5) is 0 Å². The zero-order chi connectivity index (χ0) is 19.1. The van der Waals surface area contributed by atoms with Crippen LogP contribution in [0.3, 0.4) is 0 Å². The summed E-state index contributed by atoms with van der Waals surface area (Å²) in [6, 6.07) is 6.18. The number of nitrogens with zero attached hydrogens (tertiary/aromatic N) is 3. The summed E-state index contributed by atoms with van der Waals surface area (Å²) < 4.78 is 5.09. The third kappa shape index (κ3) is 5.81. The summed E-state index contributed by atoms with van der Waals surface area (Å²) in [5, 5.41) is 7.75. The smallest absolute Gasteiger partial charge is 0.254 e. The number of carbonyl (C=O) groups excluding carboxylic acids is 1. The number of amides is 1. The molecule has 1 N–H and O–H groups in total. The molecule has 0 bridgehead atoms. The van der Waals surface area contributed by atoms with E-state index in [9.17, 15) is 4.79 Å². The molecule has 1 amide bonds. The quantitative estimate of drug-likeness (QED) is 0.696. The SMILES string of the molecule is Cc1cc(CSc2ncccc2C(=O)NCCN(C)C2CCCCC2)no1. The average Bonchev–Trinajstić information content (AvgIpc) is 3.12. The minimum absolute atomic E-state index is 0.0704. The number of hydrogen-bond acceptors (Lipinski definition) is 6. The molecule has 2 aromatic rings. The molecular formula is C20H28N4O2S. The molecule has 2 aromatic heterocycles. The Morgan fingerprint density at radius 1 is 1.37 bits per heavy atom. The van der Waals surface area contributed by atoms with Gasteiger partial charge in [-0.25, -0.2) is 4.98 Å². The summed E-state index contributed by atoms with van der Waals surface area (Å²) in [7, 11) is 2.16. The molecule has 7 heteroatoms. The lowest BCUT2D eigenvalue weighted by molar-refractivity contribution is 0.0941. The normalized spacial score (nSPS) is 15.2. The lowest BCUT2D eigenvalue weighted by atomic mass is 9.94. The highest BCUT2D eigenvalue weighted by atomic mass is 32.2. The molecule has 0 atom stereocenters. The van der Waals surface area contributed by atoms with Gasteiger partial charge in [0.15, 0.2) is 0 Å². The summed E-state index contributed by atoms with van der Waals surface area (Å²) in [6.07, 6.45) is 8.26. The lowest BCUT2D eigenvalue weighted by Gasteiger charge is -2.31. The number of hydrogen-bond donors (Lipinski definition) is 1. The summed E-state index contributed by atoms with van der Waals surface area (Å²) >= 11 is 1.50. The van der Waals surface area contributed by atoms with Crippen molar-refractivity contribution in [1.29, 1.82) is 0 Å². The molecule has 0 unspecified atom stereocenters. The van der Waals surface area contributed by atoms with Crippen molar-refractivity contribution >= 4 is 17.7 Å². The number of rotatable bonds is 8. The van der Waals surface area contributed by atoms with Crippen molar-refractivity contribution < 1.29 is 9.32 Å². The maximum absolute atomic E-state index is 12.6. The van der Waals surface area contributed by atoms with E-state index in [2.05, 4.69) is 27.4 Å². The predicted molar refractivity (Wildman–Crippen MR) is 107 cm³/mol. The first-order valence-corrected chi connectivity index (χ1v) is 10.6. The molecule has 0 aliphatic heterocycles. The first kappa shape index (κ1) is 19.9. The van der Waals surface area contributed by atoms with Crippen LogP contribution in [0.25, 0.3) is 0 Å². The molecule has 146 valence electrons. The van der Waals surface area contributed by atoms with Gasteiger partial charge in [0.2, 0.25) is 0 Å². The van der Waals surface area contributed by atoms with Gasteiger partial charge in [0.25, 0.3) is 5.91 Å². The van der Waals surface area contributed by atoms with Crippen molar-refractivity contribution in [2.75, 3.05) is 20.1 Å². The Morgan fingerprint density at radius 2 is 2.19 bits per heavy atom. The molecule has 1 aliphatic rings. The van der Waals surface area contributed by atoms with Crippen molar-refractivity contribution in [3.63, 3.8) is 0 Å². The Kier molecular flexibility index (Phi) is 7.29. The number of aromatic nitrogens is 2. The van der Waals surface area contributed by atoms with E-state index < -0.39 is 0 Å². The molecule has 0 saturated heterocycles. The summed E-state index contributed by atoms with van der Waals surface area (Å²) in [5.74, 6) is 1.34. The van der Waals surface area contributed by atoms with Gasteiger partial charge in [-0.15, -0.1) is 0 Å². The molecule has 27 heavy (non-hydrogen) atoms. The van der Waals surface area contributed by atoms with Crippen LogP contribution in [0, 0.1) is 6.92 Å². The largest absolute Gasteiger partial charge is 0.361 e. The van der Waals surface area contributed by atoms with E-state index in [0.29, 0.717) is 23.9 Å². The van der Waals surface area contributed by atoms with E-state index in [0.717, 1.165) is 23.0 Å². The van der Waals surface area contributed by atoms with Gasteiger partial charge in [-0.05, 0) is 38.9 Å². The van der Waals surface area contributed by atoms with Gasteiger partial charge in [0, 0.05) is 37.1 Å². The molecule has 0 radical (unpaired) electrons. The summed E-state index contributed by atoms with van der Waals surface area (Å²) in [4.78, 5) is 19.4. The Bertz CT molecular complexity index is 743. The zero-order valence-corrected chi connectivity index (χ0v) is 16.9. The van der Waals surface area contributed by atoms with Crippen LogP contribution < -0.4 is 5.32 Å². The highest BCUT2D eigenvalue weighted by Gasteiger charge is 2.18. The summed E-state index contributed by atoms with van der Waals surface area (Å²) in [5.41, 5.74) is 1.46. The van der Waals surface area contributed by atoms with Gasteiger partial charge < -0.3 is 14.7 Å². The molecule has 1 aliphatic carbocycles. The first-order valence-electron chi connectivity index (χ1n) is 9.62. The Morgan fingerprint density at radius 3 is 2.93 bits per heavy atom. The van der Waals surface area contributed by atoms with Gasteiger partial charge in [0.1, 0.15) is 10.8 Å². The monoisotopic (exact) mass is 388 g/mol.